The Balaban J connectivity index is 1.22. The average Bonchev–Trinajstić information content (AvgIpc) is 3.37. The quantitative estimate of drug-likeness (QED) is 0.257. The normalized spacial score (nSPS) is 13.2. The summed E-state index contributed by atoms with van der Waals surface area (Å²) in [7, 11) is 0. The Hall–Kier alpha value is -5.28. The van der Waals surface area contributed by atoms with E-state index in [9.17, 15) is 0 Å². The third kappa shape index (κ3) is 3.67. The van der Waals surface area contributed by atoms with Gasteiger partial charge in [-0.05, 0) is 97.4 Å². The molecule has 0 spiro atoms. The van der Waals surface area contributed by atoms with E-state index in [0.29, 0.717) is 0 Å². The summed E-state index contributed by atoms with van der Waals surface area (Å²) in [6.07, 6.45) is 9.89. The van der Waals surface area contributed by atoms with Crippen molar-refractivity contribution in [2.45, 2.75) is 0 Å². The van der Waals surface area contributed by atoms with Crippen molar-refractivity contribution in [1.29, 1.82) is 0 Å². The fourth-order valence-corrected chi connectivity index (χ4v) is 6.06. The van der Waals surface area contributed by atoms with Crippen molar-refractivity contribution >= 4 is 16.3 Å². The molecule has 3 nitrogen and oxygen atoms in total. The van der Waals surface area contributed by atoms with Crippen LogP contribution in [0.1, 0.15) is 5.69 Å². The van der Waals surface area contributed by atoms with Crippen LogP contribution in [0.25, 0.3) is 72.1 Å². The van der Waals surface area contributed by atoms with Gasteiger partial charge in [-0.1, -0.05) is 84.9 Å². The Morgan fingerprint density at radius 3 is 2.02 bits per heavy atom. The zero-order chi connectivity index (χ0) is 26.5. The second-order valence-electron chi connectivity index (χ2n) is 10.3. The summed E-state index contributed by atoms with van der Waals surface area (Å²) in [5.74, 6) is 0. The molecule has 1 aliphatic heterocycles. The SMILES string of the molecule is C1=CC(c2cc(-c3ccc(-c4ccc5c6c(cccc46)-c4ccccc4-5)cc3)cc(-c3ccncc3)n2)=CCN1. The first kappa shape index (κ1) is 22.7. The first-order valence-corrected chi connectivity index (χ1v) is 13.6. The van der Waals surface area contributed by atoms with Gasteiger partial charge in [0.15, 0.2) is 0 Å². The van der Waals surface area contributed by atoms with Crippen molar-refractivity contribution in [3.63, 3.8) is 0 Å². The van der Waals surface area contributed by atoms with Crippen LogP contribution in [-0.4, -0.2) is 16.5 Å². The fourth-order valence-electron chi connectivity index (χ4n) is 6.06. The molecule has 40 heavy (non-hydrogen) atoms. The molecule has 3 heterocycles. The lowest BCUT2D eigenvalue weighted by Crippen LogP contribution is -2.08. The van der Waals surface area contributed by atoms with E-state index in [-0.39, 0.29) is 0 Å². The summed E-state index contributed by atoms with van der Waals surface area (Å²) in [5.41, 5.74) is 14.2. The molecule has 0 saturated heterocycles. The Labute approximate surface area is 233 Å². The van der Waals surface area contributed by atoms with Crippen LogP contribution < -0.4 is 5.32 Å². The number of aromatic nitrogens is 2. The topological polar surface area (TPSA) is 37.8 Å². The Morgan fingerprint density at radius 2 is 1.25 bits per heavy atom. The van der Waals surface area contributed by atoms with E-state index in [1.165, 1.54) is 49.7 Å². The van der Waals surface area contributed by atoms with E-state index in [4.69, 9.17) is 4.98 Å². The largest absolute Gasteiger partial charge is 0.387 e. The van der Waals surface area contributed by atoms with Gasteiger partial charge < -0.3 is 5.32 Å². The second-order valence-corrected chi connectivity index (χ2v) is 10.3. The van der Waals surface area contributed by atoms with Gasteiger partial charge in [0, 0.05) is 24.5 Å². The molecule has 0 radical (unpaired) electrons. The van der Waals surface area contributed by atoms with Gasteiger partial charge in [0.05, 0.1) is 11.4 Å². The average molecular weight is 512 g/mol. The summed E-state index contributed by atoms with van der Waals surface area (Å²) >= 11 is 0. The Morgan fingerprint density at radius 1 is 0.550 bits per heavy atom. The van der Waals surface area contributed by atoms with E-state index < -0.39 is 0 Å². The molecule has 8 rings (SSSR count). The number of nitrogens with one attached hydrogen (secondary N) is 1. The van der Waals surface area contributed by atoms with Crippen LogP contribution in [0.4, 0.5) is 0 Å². The van der Waals surface area contributed by atoms with Crippen LogP contribution in [0.5, 0.6) is 0 Å². The fraction of sp³-hybridized carbons (Fsp3) is 0.0270. The molecule has 2 aliphatic rings. The lowest BCUT2D eigenvalue weighted by molar-refractivity contribution is 0.974. The number of hydrogen-bond donors (Lipinski definition) is 1. The molecule has 4 aromatic carbocycles. The van der Waals surface area contributed by atoms with Gasteiger partial charge in [-0.3, -0.25) is 4.98 Å². The summed E-state index contributed by atoms with van der Waals surface area (Å²) in [6.45, 7) is 0.802. The highest BCUT2D eigenvalue weighted by molar-refractivity contribution is 6.18. The van der Waals surface area contributed by atoms with E-state index in [2.05, 4.69) is 113 Å². The third-order valence-corrected chi connectivity index (χ3v) is 8.00. The molecule has 3 heteroatoms. The number of benzene rings is 4. The molecule has 1 N–H and O–H groups in total. The molecule has 0 bridgehead atoms. The first-order valence-electron chi connectivity index (χ1n) is 13.6. The van der Waals surface area contributed by atoms with Crippen molar-refractivity contribution in [3.8, 4) is 55.8 Å². The van der Waals surface area contributed by atoms with Gasteiger partial charge in [0.2, 0.25) is 0 Å². The van der Waals surface area contributed by atoms with Crippen LogP contribution in [-0.2, 0) is 0 Å². The highest BCUT2D eigenvalue weighted by Crippen LogP contribution is 2.49. The number of hydrogen-bond acceptors (Lipinski definition) is 3. The van der Waals surface area contributed by atoms with Gasteiger partial charge in [-0.2, -0.15) is 0 Å². The molecule has 0 unspecified atom stereocenters. The van der Waals surface area contributed by atoms with Crippen LogP contribution in [0.3, 0.4) is 0 Å². The number of allylic oxidation sites excluding steroid dienone is 2. The van der Waals surface area contributed by atoms with Gasteiger partial charge >= 0.3 is 0 Å². The van der Waals surface area contributed by atoms with Crippen molar-refractivity contribution < 1.29 is 0 Å². The van der Waals surface area contributed by atoms with Crippen LogP contribution in [0.15, 0.2) is 134 Å². The number of fused-ring (bicyclic) bond motifs is 3. The van der Waals surface area contributed by atoms with E-state index in [0.717, 1.165) is 34.6 Å². The first-order chi connectivity index (χ1) is 19.8. The maximum Gasteiger partial charge on any atom is 0.0716 e. The zero-order valence-corrected chi connectivity index (χ0v) is 21.8. The molecular formula is C37H25N3. The number of nitrogens with zero attached hydrogens (tertiary/aromatic N) is 2. The molecule has 0 amide bonds. The maximum absolute atomic E-state index is 5.02. The van der Waals surface area contributed by atoms with Gasteiger partial charge in [-0.25, -0.2) is 4.98 Å². The van der Waals surface area contributed by atoms with Gasteiger partial charge in [0.25, 0.3) is 0 Å². The third-order valence-electron chi connectivity index (χ3n) is 8.00. The maximum atomic E-state index is 5.02. The molecular weight excluding hydrogens is 486 g/mol. The Kier molecular flexibility index (Phi) is 5.20. The molecule has 0 atom stereocenters. The standard InChI is InChI=1S/C37H25N3/c1-2-5-31-30(4-1)33-7-3-6-32-29(12-13-34(31)37(32)33)25-10-8-24(9-11-25)28-22-35(26-14-18-38-19-15-26)40-36(23-28)27-16-20-39-21-17-27/h1-20,22-23,39H,21H2. The summed E-state index contributed by atoms with van der Waals surface area (Å²) in [4.78, 5) is 9.21. The zero-order valence-electron chi connectivity index (χ0n) is 21.8. The lowest BCUT2D eigenvalue weighted by atomic mass is 9.93. The number of rotatable bonds is 4. The van der Waals surface area contributed by atoms with E-state index in [1.54, 1.807) is 0 Å². The van der Waals surface area contributed by atoms with E-state index >= 15 is 0 Å². The predicted octanol–water partition coefficient (Wildman–Crippen LogP) is 8.78. The molecule has 188 valence electrons. The monoisotopic (exact) mass is 511 g/mol. The highest BCUT2D eigenvalue weighted by Gasteiger charge is 2.22. The van der Waals surface area contributed by atoms with Crippen LogP contribution in [0, 0.1) is 0 Å². The van der Waals surface area contributed by atoms with Gasteiger partial charge in [0.1, 0.15) is 0 Å². The summed E-state index contributed by atoms with van der Waals surface area (Å²) < 4.78 is 0. The highest BCUT2D eigenvalue weighted by atomic mass is 14.8. The number of dihydropyridines is 1. The van der Waals surface area contributed by atoms with Crippen molar-refractivity contribution in [2.75, 3.05) is 6.54 Å². The summed E-state index contributed by atoms with van der Waals surface area (Å²) in [5, 5.41) is 5.89. The van der Waals surface area contributed by atoms with Gasteiger partial charge in [-0.15, -0.1) is 0 Å². The van der Waals surface area contributed by atoms with E-state index in [1.807, 2.05) is 30.7 Å². The molecule has 0 fully saturated rings. The van der Waals surface area contributed by atoms with Crippen LogP contribution >= 0.6 is 0 Å². The second kappa shape index (κ2) is 9.18. The van der Waals surface area contributed by atoms with Crippen molar-refractivity contribution in [3.05, 3.63) is 140 Å². The van der Waals surface area contributed by atoms with Crippen molar-refractivity contribution in [1.82, 2.24) is 15.3 Å². The Bertz CT molecular complexity index is 1950. The molecule has 0 saturated carbocycles. The minimum Gasteiger partial charge on any atom is -0.387 e. The van der Waals surface area contributed by atoms with Crippen molar-refractivity contribution in [2.24, 2.45) is 0 Å². The smallest absolute Gasteiger partial charge is 0.0716 e. The minimum atomic E-state index is 0.802. The van der Waals surface area contributed by atoms with Crippen LogP contribution in [0.2, 0.25) is 0 Å². The molecule has 1 aliphatic carbocycles. The minimum absolute atomic E-state index is 0.802. The summed E-state index contributed by atoms with van der Waals surface area (Å²) in [6, 6.07) is 37.3. The molecule has 2 aromatic heterocycles. The lowest BCUT2D eigenvalue weighted by Gasteiger charge is -2.14. The molecule has 6 aromatic rings. The number of pyridine rings is 2. The predicted molar refractivity (Wildman–Crippen MR) is 165 cm³/mol.